The normalized spacial score (nSPS) is 11.7. The average molecular weight is 266 g/mol. The fourth-order valence-electron chi connectivity index (χ4n) is 1.61. The number of para-hydroxylation sites is 1. The Morgan fingerprint density at radius 1 is 1.37 bits per heavy atom. The minimum atomic E-state index is -1.45. The predicted octanol–water partition coefficient (Wildman–Crippen LogP) is 0.976. The number of nitrogens with zero attached hydrogens (tertiary/aromatic N) is 1. The highest BCUT2D eigenvalue weighted by Crippen LogP contribution is 2.17. The van der Waals surface area contributed by atoms with E-state index in [0.717, 1.165) is 11.3 Å². The van der Waals surface area contributed by atoms with Crippen LogP contribution in [0.15, 0.2) is 24.3 Å². The molecule has 1 atom stereocenters. The number of anilines is 1. The second-order valence-electron chi connectivity index (χ2n) is 4.22. The molecule has 0 aromatic heterocycles. The number of carboxylic acids is 1. The van der Waals surface area contributed by atoms with Crippen molar-refractivity contribution in [3.05, 3.63) is 29.8 Å². The number of rotatable bonds is 5. The van der Waals surface area contributed by atoms with E-state index in [0.29, 0.717) is 0 Å². The lowest BCUT2D eigenvalue weighted by Gasteiger charge is -2.20. The van der Waals surface area contributed by atoms with Gasteiger partial charge in [-0.3, -0.25) is 4.90 Å². The first kappa shape index (κ1) is 15.0. The second-order valence-corrected chi connectivity index (χ2v) is 4.22. The van der Waals surface area contributed by atoms with Crippen LogP contribution in [0.25, 0.3) is 0 Å². The number of hydrogen-bond acceptors (Lipinski definition) is 3. The summed E-state index contributed by atoms with van der Waals surface area (Å²) in [6.45, 7) is 2.00. The molecule has 0 aliphatic rings. The number of aliphatic hydroxyl groups excluding tert-OH is 1. The van der Waals surface area contributed by atoms with Crippen molar-refractivity contribution in [1.29, 1.82) is 0 Å². The van der Waals surface area contributed by atoms with Crippen molar-refractivity contribution in [3.63, 3.8) is 0 Å². The van der Waals surface area contributed by atoms with Crippen LogP contribution >= 0.6 is 0 Å². The third-order valence-electron chi connectivity index (χ3n) is 2.76. The quantitative estimate of drug-likeness (QED) is 0.741. The minimum absolute atomic E-state index is 0.0251. The topological polar surface area (TPSA) is 89.9 Å². The summed E-state index contributed by atoms with van der Waals surface area (Å²) in [5.74, 6) is -1.29. The Morgan fingerprint density at radius 3 is 2.58 bits per heavy atom. The van der Waals surface area contributed by atoms with E-state index in [1.54, 1.807) is 7.05 Å². The van der Waals surface area contributed by atoms with Crippen molar-refractivity contribution in [2.24, 2.45) is 0 Å². The van der Waals surface area contributed by atoms with Gasteiger partial charge in [0.2, 0.25) is 0 Å². The van der Waals surface area contributed by atoms with Crippen LogP contribution in [0.5, 0.6) is 0 Å². The smallest absolute Gasteiger partial charge is 0.332 e. The van der Waals surface area contributed by atoms with E-state index in [1.165, 1.54) is 4.90 Å². The zero-order valence-corrected chi connectivity index (χ0v) is 11.0. The van der Waals surface area contributed by atoms with E-state index in [-0.39, 0.29) is 19.0 Å². The zero-order valence-electron chi connectivity index (χ0n) is 11.0. The molecule has 0 spiro atoms. The van der Waals surface area contributed by atoms with E-state index < -0.39 is 12.1 Å². The molecule has 0 aliphatic carbocycles. The van der Waals surface area contributed by atoms with Gasteiger partial charge in [0.1, 0.15) is 0 Å². The molecule has 104 valence electrons. The van der Waals surface area contributed by atoms with Gasteiger partial charge in [-0.1, -0.05) is 18.2 Å². The van der Waals surface area contributed by atoms with Gasteiger partial charge >= 0.3 is 12.0 Å². The first-order valence-corrected chi connectivity index (χ1v) is 5.91. The number of carbonyl (C=O) groups is 2. The second kappa shape index (κ2) is 6.75. The molecule has 0 radical (unpaired) electrons. The number of urea groups is 1. The highest BCUT2D eigenvalue weighted by Gasteiger charge is 2.15. The van der Waals surface area contributed by atoms with Crippen molar-refractivity contribution in [2.45, 2.75) is 19.4 Å². The highest BCUT2D eigenvalue weighted by atomic mass is 16.4. The van der Waals surface area contributed by atoms with E-state index in [2.05, 4.69) is 5.32 Å². The van der Waals surface area contributed by atoms with Crippen LogP contribution in [0.3, 0.4) is 0 Å². The van der Waals surface area contributed by atoms with Crippen LogP contribution < -0.4 is 10.2 Å². The lowest BCUT2D eigenvalue weighted by atomic mass is 10.2. The van der Waals surface area contributed by atoms with Crippen molar-refractivity contribution in [2.75, 3.05) is 18.5 Å². The molecule has 0 aliphatic heterocycles. The molecule has 0 heterocycles. The molecule has 0 bridgehead atoms. The molecule has 3 N–H and O–H groups in total. The summed E-state index contributed by atoms with van der Waals surface area (Å²) < 4.78 is 0. The third-order valence-corrected chi connectivity index (χ3v) is 2.76. The van der Waals surface area contributed by atoms with Crippen molar-refractivity contribution in [3.8, 4) is 0 Å². The Morgan fingerprint density at radius 2 is 2.00 bits per heavy atom. The largest absolute Gasteiger partial charge is 0.479 e. The molecule has 0 saturated heterocycles. The Labute approximate surface area is 111 Å². The molecular weight excluding hydrogens is 248 g/mol. The van der Waals surface area contributed by atoms with E-state index in [4.69, 9.17) is 10.2 Å². The standard InChI is InChI=1S/C13H18N2O4/c1-9-5-3-4-6-10(9)15(2)13(19)14-8-7-11(16)12(17)18/h3-6,11,16H,7-8H2,1-2H3,(H,14,19)(H,17,18)/t11-/m0/s1. The Balaban J connectivity index is 2.50. The molecule has 0 fully saturated rings. The SMILES string of the molecule is Cc1ccccc1N(C)C(=O)NCC[C@H](O)C(=O)O. The Hall–Kier alpha value is -2.08. The van der Waals surface area contributed by atoms with Gasteiger partial charge in [-0.05, 0) is 18.6 Å². The number of carboxylic acid groups (broad SMARTS) is 1. The number of aryl methyl sites for hydroxylation is 1. The van der Waals surface area contributed by atoms with Gasteiger partial charge in [-0.25, -0.2) is 9.59 Å². The van der Waals surface area contributed by atoms with Crippen LogP contribution in [0.4, 0.5) is 10.5 Å². The zero-order chi connectivity index (χ0) is 14.4. The maximum Gasteiger partial charge on any atom is 0.332 e. The van der Waals surface area contributed by atoms with E-state index >= 15 is 0 Å². The van der Waals surface area contributed by atoms with Crippen molar-refractivity contribution < 1.29 is 19.8 Å². The average Bonchev–Trinajstić information content (AvgIpc) is 2.38. The van der Waals surface area contributed by atoms with E-state index in [9.17, 15) is 9.59 Å². The fourth-order valence-corrected chi connectivity index (χ4v) is 1.61. The molecule has 2 amide bonds. The van der Waals surface area contributed by atoms with Gasteiger partial charge in [-0.15, -0.1) is 0 Å². The van der Waals surface area contributed by atoms with Crippen LogP contribution in [-0.4, -0.2) is 41.9 Å². The first-order valence-electron chi connectivity index (χ1n) is 5.91. The summed E-state index contributed by atoms with van der Waals surface area (Å²) in [5, 5.41) is 20.1. The monoisotopic (exact) mass is 266 g/mol. The van der Waals surface area contributed by atoms with Gasteiger partial charge in [0.05, 0.1) is 0 Å². The summed E-state index contributed by atoms with van der Waals surface area (Å²) in [7, 11) is 1.63. The number of carbonyl (C=O) groups excluding carboxylic acids is 1. The number of aliphatic hydroxyl groups is 1. The molecule has 1 rings (SSSR count). The van der Waals surface area contributed by atoms with Gasteiger partial charge in [-0.2, -0.15) is 0 Å². The lowest BCUT2D eigenvalue weighted by Crippen LogP contribution is -2.39. The van der Waals surface area contributed by atoms with Crippen molar-refractivity contribution >= 4 is 17.7 Å². The van der Waals surface area contributed by atoms with E-state index in [1.807, 2.05) is 31.2 Å². The molecular formula is C13H18N2O4. The molecule has 6 nitrogen and oxygen atoms in total. The van der Waals surface area contributed by atoms with Gasteiger partial charge < -0.3 is 15.5 Å². The fraction of sp³-hybridized carbons (Fsp3) is 0.385. The number of amides is 2. The number of benzene rings is 1. The molecule has 19 heavy (non-hydrogen) atoms. The summed E-state index contributed by atoms with van der Waals surface area (Å²) in [6, 6.07) is 7.09. The Bertz CT molecular complexity index is 462. The summed E-state index contributed by atoms with van der Waals surface area (Å²) in [6.07, 6.45) is -1.48. The maximum atomic E-state index is 11.8. The van der Waals surface area contributed by atoms with Crippen LogP contribution in [-0.2, 0) is 4.79 Å². The molecule has 0 unspecified atom stereocenters. The number of aliphatic carboxylic acids is 1. The summed E-state index contributed by atoms with van der Waals surface area (Å²) in [4.78, 5) is 23.7. The highest BCUT2D eigenvalue weighted by molar-refractivity contribution is 5.92. The van der Waals surface area contributed by atoms with Crippen LogP contribution in [0, 0.1) is 6.92 Å². The van der Waals surface area contributed by atoms with Gasteiger partial charge in [0.15, 0.2) is 6.10 Å². The van der Waals surface area contributed by atoms with Gasteiger partial charge in [0, 0.05) is 25.7 Å². The minimum Gasteiger partial charge on any atom is -0.479 e. The van der Waals surface area contributed by atoms with Crippen LogP contribution in [0.2, 0.25) is 0 Å². The van der Waals surface area contributed by atoms with Crippen LogP contribution in [0.1, 0.15) is 12.0 Å². The summed E-state index contributed by atoms with van der Waals surface area (Å²) >= 11 is 0. The predicted molar refractivity (Wildman–Crippen MR) is 71.2 cm³/mol. The summed E-state index contributed by atoms with van der Waals surface area (Å²) in [5.41, 5.74) is 1.74. The number of nitrogens with one attached hydrogen (secondary N) is 1. The molecule has 6 heteroatoms. The maximum absolute atomic E-state index is 11.8. The Kier molecular flexibility index (Phi) is 5.32. The number of hydrogen-bond donors (Lipinski definition) is 3. The molecule has 0 saturated carbocycles. The lowest BCUT2D eigenvalue weighted by molar-refractivity contribution is -0.146. The first-order chi connectivity index (χ1) is 8.93. The molecule has 1 aromatic carbocycles. The van der Waals surface area contributed by atoms with Gasteiger partial charge in [0.25, 0.3) is 0 Å². The van der Waals surface area contributed by atoms with Crippen molar-refractivity contribution in [1.82, 2.24) is 5.32 Å². The third kappa shape index (κ3) is 4.26. The molecule has 1 aromatic rings.